The highest BCUT2D eigenvalue weighted by molar-refractivity contribution is 7.99. The van der Waals surface area contributed by atoms with Gasteiger partial charge in [-0.25, -0.2) is 4.79 Å². The number of hydrogen-bond acceptors (Lipinski definition) is 4. The van der Waals surface area contributed by atoms with E-state index < -0.39 is 0 Å². The van der Waals surface area contributed by atoms with E-state index in [-0.39, 0.29) is 11.6 Å². The smallest absolute Gasteiger partial charge is 0.315 e. The van der Waals surface area contributed by atoms with E-state index in [0.717, 1.165) is 25.4 Å². The Kier molecular flexibility index (Phi) is 5.31. The molecule has 22 heavy (non-hydrogen) atoms. The summed E-state index contributed by atoms with van der Waals surface area (Å²) in [6.07, 6.45) is 6.59. The van der Waals surface area contributed by atoms with E-state index in [4.69, 9.17) is 4.42 Å². The summed E-state index contributed by atoms with van der Waals surface area (Å²) >= 11 is 2.04. The zero-order valence-corrected chi connectivity index (χ0v) is 13.8. The predicted molar refractivity (Wildman–Crippen MR) is 89.0 cm³/mol. The molecular formula is C16H25N3O2S. The van der Waals surface area contributed by atoms with Crippen molar-refractivity contribution in [2.24, 2.45) is 0 Å². The van der Waals surface area contributed by atoms with Crippen molar-refractivity contribution < 1.29 is 9.21 Å². The van der Waals surface area contributed by atoms with Gasteiger partial charge in [0.15, 0.2) is 0 Å². The summed E-state index contributed by atoms with van der Waals surface area (Å²) < 4.78 is 5.22. The van der Waals surface area contributed by atoms with E-state index in [1.807, 2.05) is 23.9 Å². The highest BCUT2D eigenvalue weighted by Gasteiger charge is 2.40. The monoisotopic (exact) mass is 323 g/mol. The average Bonchev–Trinajstić information content (AvgIpc) is 3.24. The highest BCUT2D eigenvalue weighted by Crippen LogP contribution is 2.36. The predicted octanol–water partition coefficient (Wildman–Crippen LogP) is 2.44. The number of amides is 2. The maximum Gasteiger partial charge on any atom is 0.315 e. The molecule has 1 aliphatic heterocycles. The number of urea groups is 1. The molecule has 2 aliphatic rings. The van der Waals surface area contributed by atoms with E-state index in [9.17, 15) is 4.79 Å². The molecule has 3 rings (SSSR count). The fraction of sp³-hybridized carbons (Fsp3) is 0.688. The molecule has 2 fully saturated rings. The number of nitrogens with one attached hydrogen (secondary N) is 2. The first kappa shape index (κ1) is 15.7. The minimum absolute atomic E-state index is 0.103. The Morgan fingerprint density at radius 1 is 1.27 bits per heavy atom. The molecule has 122 valence electrons. The summed E-state index contributed by atoms with van der Waals surface area (Å²) in [4.78, 5) is 14.6. The Bertz CT molecular complexity index is 466. The Balaban J connectivity index is 1.49. The molecular weight excluding hydrogens is 298 g/mol. The number of carbonyl (C=O) groups excluding carboxylic acids is 1. The third-order valence-electron chi connectivity index (χ3n) is 4.80. The molecule has 1 saturated heterocycles. The molecule has 2 amide bonds. The van der Waals surface area contributed by atoms with Crippen LogP contribution in [-0.4, -0.2) is 47.6 Å². The molecule has 5 nitrogen and oxygen atoms in total. The maximum absolute atomic E-state index is 12.0. The van der Waals surface area contributed by atoms with Gasteiger partial charge in [-0.05, 0) is 25.0 Å². The normalized spacial score (nSPS) is 21.6. The highest BCUT2D eigenvalue weighted by atomic mass is 32.2. The van der Waals surface area contributed by atoms with Crippen LogP contribution >= 0.6 is 11.8 Å². The first-order valence-corrected chi connectivity index (χ1v) is 9.31. The van der Waals surface area contributed by atoms with Crippen LogP contribution in [0.5, 0.6) is 0 Å². The van der Waals surface area contributed by atoms with Crippen LogP contribution in [0.3, 0.4) is 0 Å². The van der Waals surface area contributed by atoms with Gasteiger partial charge in [-0.2, -0.15) is 11.8 Å². The van der Waals surface area contributed by atoms with Crippen LogP contribution in [0.25, 0.3) is 0 Å². The second kappa shape index (κ2) is 7.42. The lowest BCUT2D eigenvalue weighted by Gasteiger charge is -2.43. The third kappa shape index (κ3) is 3.79. The van der Waals surface area contributed by atoms with Crippen LogP contribution in [0.2, 0.25) is 0 Å². The maximum atomic E-state index is 12.0. The molecule has 0 aromatic carbocycles. The van der Waals surface area contributed by atoms with Crippen LogP contribution in [0, 0.1) is 0 Å². The zero-order valence-electron chi connectivity index (χ0n) is 13.0. The van der Waals surface area contributed by atoms with Crippen molar-refractivity contribution in [3.05, 3.63) is 24.2 Å². The Morgan fingerprint density at radius 2 is 2.05 bits per heavy atom. The van der Waals surface area contributed by atoms with Gasteiger partial charge in [0.1, 0.15) is 5.76 Å². The minimum atomic E-state index is -0.103. The van der Waals surface area contributed by atoms with Gasteiger partial charge in [0.25, 0.3) is 0 Å². The Labute approximate surface area is 136 Å². The topological polar surface area (TPSA) is 57.5 Å². The van der Waals surface area contributed by atoms with Crippen molar-refractivity contribution in [1.29, 1.82) is 0 Å². The summed E-state index contributed by atoms with van der Waals surface area (Å²) in [7, 11) is 0. The molecule has 2 N–H and O–H groups in total. The second-order valence-corrected chi connectivity index (χ2v) is 7.37. The lowest BCUT2D eigenvalue weighted by atomic mass is 9.94. The largest absolute Gasteiger partial charge is 0.467 e. The number of nitrogens with zero attached hydrogens (tertiary/aromatic N) is 1. The lowest BCUT2D eigenvalue weighted by Crippen LogP contribution is -2.57. The van der Waals surface area contributed by atoms with Crippen molar-refractivity contribution in [1.82, 2.24) is 15.5 Å². The summed E-state index contributed by atoms with van der Waals surface area (Å²) in [6.45, 7) is 3.49. The Hall–Kier alpha value is -1.14. The van der Waals surface area contributed by atoms with E-state index in [2.05, 4.69) is 15.5 Å². The molecule has 0 unspecified atom stereocenters. The first-order valence-electron chi connectivity index (χ1n) is 8.15. The number of carbonyl (C=O) groups is 1. The molecule has 1 aromatic rings. The van der Waals surface area contributed by atoms with Gasteiger partial charge >= 0.3 is 6.03 Å². The molecule has 0 bridgehead atoms. The zero-order chi connectivity index (χ0) is 15.3. The van der Waals surface area contributed by atoms with E-state index in [0.29, 0.717) is 6.54 Å². The van der Waals surface area contributed by atoms with Gasteiger partial charge in [0, 0.05) is 36.7 Å². The van der Waals surface area contributed by atoms with Crippen LogP contribution < -0.4 is 10.6 Å². The summed E-state index contributed by atoms with van der Waals surface area (Å²) in [5.41, 5.74) is 0.184. The fourth-order valence-corrected chi connectivity index (χ4v) is 4.47. The number of hydrogen-bond donors (Lipinski definition) is 2. The Morgan fingerprint density at radius 3 is 2.73 bits per heavy atom. The third-order valence-corrected chi connectivity index (χ3v) is 5.74. The van der Waals surface area contributed by atoms with Crippen LogP contribution in [0.15, 0.2) is 22.8 Å². The minimum Gasteiger partial charge on any atom is -0.467 e. The molecule has 1 saturated carbocycles. The van der Waals surface area contributed by atoms with Crippen molar-refractivity contribution >= 4 is 17.8 Å². The van der Waals surface area contributed by atoms with Gasteiger partial charge < -0.3 is 15.1 Å². The van der Waals surface area contributed by atoms with Crippen LogP contribution in [0.4, 0.5) is 4.79 Å². The van der Waals surface area contributed by atoms with Crippen molar-refractivity contribution in [3.8, 4) is 0 Å². The van der Waals surface area contributed by atoms with E-state index >= 15 is 0 Å². The van der Waals surface area contributed by atoms with Gasteiger partial charge in [-0.1, -0.05) is 12.8 Å². The quantitative estimate of drug-likeness (QED) is 0.874. The lowest BCUT2D eigenvalue weighted by molar-refractivity contribution is 0.104. The van der Waals surface area contributed by atoms with E-state index in [1.54, 1.807) is 6.26 Å². The summed E-state index contributed by atoms with van der Waals surface area (Å²) in [5, 5.41) is 5.95. The SMILES string of the molecule is O=C(NCc1ccco1)NCC1(N2CCSCC2)CCCC1. The van der Waals surface area contributed by atoms with Crippen molar-refractivity contribution in [2.75, 3.05) is 31.1 Å². The molecule has 0 atom stereocenters. The molecule has 0 spiro atoms. The average molecular weight is 323 g/mol. The summed E-state index contributed by atoms with van der Waals surface area (Å²) in [5.74, 6) is 3.21. The molecule has 2 heterocycles. The van der Waals surface area contributed by atoms with Gasteiger partial charge in [0.05, 0.1) is 12.8 Å². The molecule has 0 radical (unpaired) electrons. The van der Waals surface area contributed by atoms with Crippen LogP contribution in [-0.2, 0) is 6.54 Å². The molecule has 1 aliphatic carbocycles. The van der Waals surface area contributed by atoms with Gasteiger partial charge in [0.2, 0.25) is 0 Å². The first-order chi connectivity index (χ1) is 10.8. The van der Waals surface area contributed by atoms with Gasteiger partial charge in [-0.15, -0.1) is 0 Å². The van der Waals surface area contributed by atoms with Crippen molar-refractivity contribution in [3.63, 3.8) is 0 Å². The molecule has 6 heteroatoms. The van der Waals surface area contributed by atoms with E-state index in [1.165, 1.54) is 37.2 Å². The van der Waals surface area contributed by atoms with Gasteiger partial charge in [-0.3, -0.25) is 4.90 Å². The summed E-state index contributed by atoms with van der Waals surface area (Å²) in [6, 6.07) is 3.59. The number of rotatable bonds is 5. The number of furan rings is 1. The van der Waals surface area contributed by atoms with Crippen LogP contribution in [0.1, 0.15) is 31.4 Å². The standard InChI is InChI=1S/C16H25N3O2S/c20-15(17-12-14-4-3-9-21-14)18-13-16(5-1-2-6-16)19-7-10-22-11-8-19/h3-4,9H,1-2,5-8,10-13H2,(H2,17,18,20). The molecule has 1 aromatic heterocycles. The fourth-order valence-electron chi connectivity index (χ4n) is 3.56. The number of thioether (sulfide) groups is 1. The van der Waals surface area contributed by atoms with Crippen molar-refractivity contribution in [2.45, 2.75) is 37.8 Å². The second-order valence-electron chi connectivity index (χ2n) is 6.15.